The van der Waals surface area contributed by atoms with Gasteiger partial charge < -0.3 is 15.2 Å². The smallest absolute Gasteiger partial charge is 0.348 e. The summed E-state index contributed by atoms with van der Waals surface area (Å²) in [5, 5.41) is 0.966. The zero-order chi connectivity index (χ0) is 14.8. The normalized spacial score (nSPS) is 11.8. The monoisotopic (exact) mass is 293 g/mol. The third kappa shape index (κ3) is 3.95. The van der Waals surface area contributed by atoms with Gasteiger partial charge in [-0.25, -0.2) is 4.79 Å². The standard InChI is InChI=1S/C15H19NO3S/c1-15(2,3)19-7-6-18-14(17)13-9-10-8-11(16)4-5-12(10)20-13/h4-5,8-9H,6-7,16H2,1-3H3. The molecule has 1 aromatic carbocycles. The first-order valence-corrected chi connectivity index (χ1v) is 7.27. The lowest BCUT2D eigenvalue weighted by Crippen LogP contribution is -2.22. The van der Waals surface area contributed by atoms with Crippen LogP contribution in [0.4, 0.5) is 5.69 Å². The minimum atomic E-state index is -0.317. The van der Waals surface area contributed by atoms with Crippen LogP contribution in [0.25, 0.3) is 10.1 Å². The number of nitrogens with two attached hydrogens (primary N) is 1. The topological polar surface area (TPSA) is 61.5 Å². The lowest BCUT2D eigenvalue weighted by molar-refractivity contribution is -0.0280. The minimum Gasteiger partial charge on any atom is -0.459 e. The van der Waals surface area contributed by atoms with Crippen molar-refractivity contribution in [2.24, 2.45) is 0 Å². The van der Waals surface area contributed by atoms with Crippen LogP contribution in [-0.2, 0) is 9.47 Å². The van der Waals surface area contributed by atoms with Gasteiger partial charge in [0.05, 0.1) is 12.2 Å². The fourth-order valence-corrected chi connectivity index (χ4v) is 2.65. The summed E-state index contributed by atoms with van der Waals surface area (Å²) >= 11 is 1.41. The van der Waals surface area contributed by atoms with Gasteiger partial charge in [0.1, 0.15) is 11.5 Å². The number of esters is 1. The highest BCUT2D eigenvalue weighted by Gasteiger charge is 2.13. The molecule has 0 spiro atoms. The Hall–Kier alpha value is -1.59. The Morgan fingerprint density at radius 2 is 2.00 bits per heavy atom. The van der Waals surface area contributed by atoms with Gasteiger partial charge in [0, 0.05) is 10.4 Å². The van der Waals surface area contributed by atoms with Crippen LogP contribution in [0, 0.1) is 0 Å². The molecule has 0 saturated carbocycles. The number of ether oxygens (including phenoxy) is 2. The Labute approximate surface area is 122 Å². The number of carbonyl (C=O) groups excluding carboxylic acids is 1. The molecular formula is C15H19NO3S. The summed E-state index contributed by atoms with van der Waals surface area (Å²) in [4.78, 5) is 12.5. The second kappa shape index (κ2) is 5.81. The van der Waals surface area contributed by atoms with E-state index >= 15 is 0 Å². The number of anilines is 1. The lowest BCUT2D eigenvalue weighted by atomic mass is 10.2. The summed E-state index contributed by atoms with van der Waals surface area (Å²) < 4.78 is 11.7. The van der Waals surface area contributed by atoms with E-state index in [0.717, 1.165) is 10.1 Å². The van der Waals surface area contributed by atoms with Crippen LogP contribution < -0.4 is 5.73 Å². The molecule has 0 bridgehead atoms. The summed E-state index contributed by atoms with van der Waals surface area (Å²) in [6, 6.07) is 7.40. The number of thiophene rings is 1. The van der Waals surface area contributed by atoms with Crippen molar-refractivity contribution in [3.05, 3.63) is 29.1 Å². The van der Waals surface area contributed by atoms with Crippen molar-refractivity contribution in [2.45, 2.75) is 26.4 Å². The number of carbonyl (C=O) groups is 1. The van der Waals surface area contributed by atoms with E-state index in [-0.39, 0.29) is 18.2 Å². The molecular weight excluding hydrogens is 274 g/mol. The van der Waals surface area contributed by atoms with Crippen molar-refractivity contribution in [3.63, 3.8) is 0 Å². The van der Waals surface area contributed by atoms with E-state index in [0.29, 0.717) is 17.2 Å². The molecule has 1 heterocycles. The highest BCUT2D eigenvalue weighted by Crippen LogP contribution is 2.27. The van der Waals surface area contributed by atoms with Crippen LogP contribution in [0.5, 0.6) is 0 Å². The van der Waals surface area contributed by atoms with Gasteiger partial charge >= 0.3 is 5.97 Å². The SMILES string of the molecule is CC(C)(C)OCCOC(=O)c1cc2cc(N)ccc2s1. The van der Waals surface area contributed by atoms with E-state index in [4.69, 9.17) is 15.2 Å². The highest BCUT2D eigenvalue weighted by atomic mass is 32.1. The van der Waals surface area contributed by atoms with E-state index in [2.05, 4.69) is 0 Å². The Balaban J connectivity index is 1.94. The Kier molecular flexibility index (Phi) is 4.30. The molecule has 0 amide bonds. The van der Waals surface area contributed by atoms with Crippen LogP contribution >= 0.6 is 11.3 Å². The maximum Gasteiger partial charge on any atom is 0.348 e. The van der Waals surface area contributed by atoms with Gasteiger partial charge in [0.15, 0.2) is 0 Å². The number of benzene rings is 1. The maximum absolute atomic E-state index is 11.9. The van der Waals surface area contributed by atoms with Gasteiger partial charge in [0.2, 0.25) is 0 Å². The summed E-state index contributed by atoms with van der Waals surface area (Å²) in [6.07, 6.45) is 0. The molecule has 108 valence electrons. The predicted octanol–water partition coefficient (Wildman–Crippen LogP) is 3.46. The first kappa shape index (κ1) is 14.8. The Morgan fingerprint density at radius 3 is 2.70 bits per heavy atom. The summed E-state index contributed by atoms with van der Waals surface area (Å²) in [5.41, 5.74) is 6.19. The van der Waals surface area contributed by atoms with Crippen molar-refractivity contribution >= 4 is 33.1 Å². The van der Waals surface area contributed by atoms with Crippen LogP contribution in [0.3, 0.4) is 0 Å². The lowest BCUT2D eigenvalue weighted by Gasteiger charge is -2.19. The highest BCUT2D eigenvalue weighted by molar-refractivity contribution is 7.20. The molecule has 1 aromatic heterocycles. The molecule has 0 aliphatic carbocycles. The molecule has 0 aliphatic rings. The molecule has 0 aliphatic heterocycles. The number of hydrogen-bond acceptors (Lipinski definition) is 5. The van der Waals surface area contributed by atoms with Crippen LogP contribution in [0.1, 0.15) is 30.4 Å². The second-order valence-corrected chi connectivity index (χ2v) is 6.59. The fourth-order valence-electron chi connectivity index (χ4n) is 1.72. The Bertz CT molecular complexity index is 613. The van der Waals surface area contributed by atoms with Crippen molar-refractivity contribution in [3.8, 4) is 0 Å². The van der Waals surface area contributed by atoms with Crippen molar-refractivity contribution in [2.75, 3.05) is 18.9 Å². The molecule has 4 nitrogen and oxygen atoms in total. The molecule has 0 radical (unpaired) electrons. The zero-order valence-electron chi connectivity index (χ0n) is 11.9. The largest absolute Gasteiger partial charge is 0.459 e. The fraction of sp³-hybridized carbons (Fsp3) is 0.400. The minimum absolute atomic E-state index is 0.221. The van der Waals surface area contributed by atoms with E-state index < -0.39 is 0 Å². The van der Waals surface area contributed by atoms with Gasteiger partial charge in [-0.15, -0.1) is 11.3 Å². The molecule has 2 N–H and O–H groups in total. The average molecular weight is 293 g/mol. The number of nitrogen functional groups attached to an aromatic ring is 1. The van der Waals surface area contributed by atoms with Crippen LogP contribution in [-0.4, -0.2) is 24.8 Å². The molecule has 0 atom stereocenters. The van der Waals surface area contributed by atoms with Crippen molar-refractivity contribution < 1.29 is 14.3 Å². The van der Waals surface area contributed by atoms with Crippen molar-refractivity contribution in [1.82, 2.24) is 0 Å². The van der Waals surface area contributed by atoms with Crippen molar-refractivity contribution in [1.29, 1.82) is 0 Å². The maximum atomic E-state index is 11.9. The molecule has 2 rings (SSSR count). The third-order valence-electron chi connectivity index (χ3n) is 2.59. The summed E-state index contributed by atoms with van der Waals surface area (Å²) in [7, 11) is 0. The molecule has 0 fully saturated rings. The number of hydrogen-bond donors (Lipinski definition) is 1. The Morgan fingerprint density at radius 1 is 1.25 bits per heavy atom. The molecule has 0 saturated heterocycles. The van der Waals surface area contributed by atoms with Gasteiger partial charge in [-0.1, -0.05) is 0 Å². The molecule has 2 aromatic rings. The predicted molar refractivity (Wildman–Crippen MR) is 82.2 cm³/mol. The summed E-state index contributed by atoms with van der Waals surface area (Å²) in [5.74, 6) is -0.317. The first-order valence-electron chi connectivity index (χ1n) is 6.45. The first-order chi connectivity index (χ1) is 9.35. The molecule has 20 heavy (non-hydrogen) atoms. The third-order valence-corrected chi connectivity index (χ3v) is 3.69. The number of fused-ring (bicyclic) bond motifs is 1. The van der Waals surface area contributed by atoms with E-state index in [1.165, 1.54) is 11.3 Å². The van der Waals surface area contributed by atoms with E-state index in [9.17, 15) is 4.79 Å². The van der Waals surface area contributed by atoms with Crippen LogP contribution in [0.2, 0.25) is 0 Å². The molecule has 5 heteroatoms. The van der Waals surface area contributed by atoms with Gasteiger partial charge in [-0.3, -0.25) is 0 Å². The molecule has 0 unspecified atom stereocenters. The zero-order valence-corrected chi connectivity index (χ0v) is 12.8. The van der Waals surface area contributed by atoms with Gasteiger partial charge in [-0.2, -0.15) is 0 Å². The van der Waals surface area contributed by atoms with E-state index in [1.807, 2.05) is 45.0 Å². The second-order valence-electron chi connectivity index (χ2n) is 5.50. The van der Waals surface area contributed by atoms with E-state index in [1.54, 1.807) is 0 Å². The summed E-state index contributed by atoms with van der Waals surface area (Å²) in [6.45, 7) is 6.54. The van der Waals surface area contributed by atoms with Gasteiger partial charge in [-0.05, 0) is 50.4 Å². The quantitative estimate of drug-likeness (QED) is 0.533. The number of rotatable bonds is 4. The van der Waals surface area contributed by atoms with Crippen LogP contribution in [0.15, 0.2) is 24.3 Å². The average Bonchev–Trinajstić information content (AvgIpc) is 2.76. The van der Waals surface area contributed by atoms with Gasteiger partial charge in [0.25, 0.3) is 0 Å².